The van der Waals surface area contributed by atoms with E-state index in [1.54, 1.807) is 17.1 Å². The Morgan fingerprint density at radius 2 is 2.14 bits per heavy atom. The summed E-state index contributed by atoms with van der Waals surface area (Å²) in [5.74, 6) is 0. The fraction of sp³-hybridized carbons (Fsp3) is 0.357. The minimum atomic E-state index is -3.63. The fourth-order valence-corrected chi connectivity index (χ4v) is 3.88. The highest BCUT2D eigenvalue weighted by molar-refractivity contribution is 7.92. The Bertz CT molecular complexity index is 739. The van der Waals surface area contributed by atoms with Crippen LogP contribution in [0.25, 0.3) is 0 Å². The molecule has 1 aliphatic heterocycles. The lowest BCUT2D eigenvalue weighted by molar-refractivity contribution is 0.587. The van der Waals surface area contributed by atoms with E-state index in [1.807, 2.05) is 31.2 Å². The maximum Gasteiger partial charge on any atom is 0.283 e. The van der Waals surface area contributed by atoms with Crippen LogP contribution in [0.5, 0.6) is 0 Å². The van der Waals surface area contributed by atoms with Gasteiger partial charge in [0.2, 0.25) is 0 Å². The summed E-state index contributed by atoms with van der Waals surface area (Å²) in [7, 11) is -3.63. The molecule has 0 fully saturated rings. The second-order valence-corrected chi connectivity index (χ2v) is 6.73. The number of aromatic nitrogens is 2. The predicted molar refractivity (Wildman–Crippen MR) is 82.0 cm³/mol. The van der Waals surface area contributed by atoms with E-state index in [0.717, 1.165) is 18.7 Å². The quantitative estimate of drug-likeness (QED) is 0.940. The van der Waals surface area contributed by atoms with Crippen molar-refractivity contribution < 1.29 is 8.42 Å². The molecule has 1 aliphatic rings. The van der Waals surface area contributed by atoms with Crippen molar-refractivity contribution in [3.05, 3.63) is 36.8 Å². The minimum Gasteiger partial charge on any atom is -0.383 e. The lowest BCUT2D eigenvalue weighted by Crippen LogP contribution is -2.31. The van der Waals surface area contributed by atoms with Crippen molar-refractivity contribution in [1.82, 2.24) is 9.55 Å². The molecule has 2 aromatic rings. The van der Waals surface area contributed by atoms with Crippen molar-refractivity contribution in [1.29, 1.82) is 0 Å². The molecule has 2 heterocycles. The normalized spacial score (nSPS) is 15.2. The van der Waals surface area contributed by atoms with E-state index < -0.39 is 10.0 Å². The van der Waals surface area contributed by atoms with Crippen molar-refractivity contribution in [2.45, 2.75) is 24.9 Å². The molecular weight excluding hydrogens is 288 g/mol. The Hall–Kier alpha value is -2.02. The lowest BCUT2D eigenvalue weighted by atomic mass is 10.2. The van der Waals surface area contributed by atoms with Crippen molar-refractivity contribution in [3.8, 4) is 0 Å². The third-order valence-corrected chi connectivity index (χ3v) is 5.25. The number of nitrogens with zero attached hydrogens (tertiary/aromatic N) is 3. The van der Waals surface area contributed by atoms with Gasteiger partial charge in [-0.05, 0) is 25.5 Å². The van der Waals surface area contributed by atoms with Crippen LogP contribution in [-0.2, 0) is 16.6 Å². The molecule has 0 aliphatic carbocycles. The number of imidazole rings is 1. The summed E-state index contributed by atoms with van der Waals surface area (Å²) in [5, 5.41) is 3.36. The van der Waals surface area contributed by atoms with Crippen LogP contribution >= 0.6 is 0 Å². The van der Waals surface area contributed by atoms with Crippen molar-refractivity contribution in [2.24, 2.45) is 0 Å². The van der Waals surface area contributed by atoms with Gasteiger partial charge in [0, 0.05) is 25.8 Å². The lowest BCUT2D eigenvalue weighted by Gasteiger charge is -2.22. The van der Waals surface area contributed by atoms with Crippen molar-refractivity contribution >= 4 is 21.4 Å². The van der Waals surface area contributed by atoms with Crippen LogP contribution in [0.4, 0.5) is 11.4 Å². The largest absolute Gasteiger partial charge is 0.383 e. The third kappa shape index (κ3) is 2.49. The number of benzene rings is 1. The Balaban J connectivity index is 2.06. The molecule has 0 atom stereocenters. The fourth-order valence-electron chi connectivity index (χ4n) is 2.42. The van der Waals surface area contributed by atoms with Crippen LogP contribution in [-0.4, -0.2) is 31.1 Å². The summed E-state index contributed by atoms with van der Waals surface area (Å²) in [6, 6.07) is 7.46. The molecule has 0 saturated carbocycles. The van der Waals surface area contributed by atoms with Gasteiger partial charge >= 0.3 is 0 Å². The number of aryl methyl sites for hydroxylation is 1. The molecule has 6 nitrogen and oxygen atoms in total. The molecular formula is C14H18N4O2S. The van der Waals surface area contributed by atoms with Crippen molar-refractivity contribution in [2.75, 3.05) is 22.7 Å². The highest BCUT2D eigenvalue weighted by Crippen LogP contribution is 2.32. The molecule has 112 valence electrons. The first-order valence-corrected chi connectivity index (χ1v) is 8.44. The highest BCUT2D eigenvalue weighted by atomic mass is 32.2. The van der Waals surface area contributed by atoms with E-state index in [0.29, 0.717) is 18.8 Å². The molecule has 0 amide bonds. The number of anilines is 2. The zero-order chi connectivity index (χ0) is 14.9. The SMILES string of the molecule is CCn1cnc(S(=O)(=O)N2CCCNc3ccccc32)c1. The van der Waals surface area contributed by atoms with Gasteiger partial charge in [0.25, 0.3) is 10.0 Å². The average Bonchev–Trinajstić information content (AvgIpc) is 2.87. The molecule has 0 radical (unpaired) electrons. The second-order valence-electron chi connectivity index (χ2n) is 4.92. The molecule has 0 unspecified atom stereocenters. The van der Waals surface area contributed by atoms with Gasteiger partial charge in [0.15, 0.2) is 5.03 Å². The standard InChI is InChI=1S/C14H18N4O2S/c1-2-17-10-14(16-11-17)21(19,20)18-9-5-8-15-12-6-3-4-7-13(12)18/h3-4,6-7,10-11,15H,2,5,8-9H2,1H3. The van der Waals surface area contributed by atoms with Crippen LogP contribution in [0.2, 0.25) is 0 Å². The molecule has 21 heavy (non-hydrogen) atoms. The monoisotopic (exact) mass is 306 g/mol. The van der Waals surface area contributed by atoms with E-state index in [9.17, 15) is 8.42 Å². The van der Waals surface area contributed by atoms with Gasteiger partial charge in [0.1, 0.15) is 0 Å². The zero-order valence-electron chi connectivity index (χ0n) is 11.9. The smallest absolute Gasteiger partial charge is 0.283 e. The number of sulfonamides is 1. The van der Waals surface area contributed by atoms with E-state index in [1.165, 1.54) is 4.31 Å². The summed E-state index contributed by atoms with van der Waals surface area (Å²) in [5.41, 5.74) is 1.52. The van der Waals surface area contributed by atoms with Gasteiger partial charge in [-0.25, -0.2) is 4.98 Å². The number of hydrogen-bond donors (Lipinski definition) is 1. The summed E-state index contributed by atoms with van der Waals surface area (Å²) < 4.78 is 28.9. The molecule has 1 aromatic carbocycles. The van der Waals surface area contributed by atoms with E-state index in [2.05, 4.69) is 10.3 Å². The van der Waals surface area contributed by atoms with Gasteiger partial charge in [0.05, 0.1) is 17.7 Å². The first-order chi connectivity index (χ1) is 10.1. The summed E-state index contributed by atoms with van der Waals surface area (Å²) in [4.78, 5) is 4.05. The third-order valence-electron chi connectivity index (χ3n) is 3.56. The Morgan fingerprint density at radius 3 is 2.90 bits per heavy atom. The van der Waals surface area contributed by atoms with Gasteiger partial charge in [-0.2, -0.15) is 8.42 Å². The van der Waals surface area contributed by atoms with E-state index >= 15 is 0 Å². The van der Waals surface area contributed by atoms with Crippen LogP contribution in [0.1, 0.15) is 13.3 Å². The van der Waals surface area contributed by atoms with Crippen LogP contribution in [0.15, 0.2) is 41.8 Å². The topological polar surface area (TPSA) is 67.2 Å². The van der Waals surface area contributed by atoms with Gasteiger partial charge in [-0.1, -0.05) is 12.1 Å². The summed E-state index contributed by atoms with van der Waals surface area (Å²) in [6.45, 7) is 3.85. The van der Waals surface area contributed by atoms with Crippen LogP contribution < -0.4 is 9.62 Å². The van der Waals surface area contributed by atoms with Crippen molar-refractivity contribution in [3.63, 3.8) is 0 Å². The Morgan fingerprint density at radius 1 is 1.33 bits per heavy atom. The summed E-state index contributed by atoms with van der Waals surface area (Å²) >= 11 is 0. The van der Waals surface area contributed by atoms with Crippen LogP contribution in [0.3, 0.4) is 0 Å². The van der Waals surface area contributed by atoms with Gasteiger partial charge in [-0.15, -0.1) is 0 Å². The first kappa shape index (κ1) is 13.9. The minimum absolute atomic E-state index is 0.0982. The maximum atomic E-state index is 12.9. The van der Waals surface area contributed by atoms with Crippen LogP contribution in [0, 0.1) is 0 Å². The number of fused-ring (bicyclic) bond motifs is 1. The Labute approximate surface area is 124 Å². The molecule has 0 bridgehead atoms. The summed E-state index contributed by atoms with van der Waals surface area (Å²) in [6.07, 6.45) is 3.88. The number of nitrogens with one attached hydrogen (secondary N) is 1. The number of hydrogen-bond acceptors (Lipinski definition) is 4. The van der Waals surface area contributed by atoms with E-state index in [4.69, 9.17) is 0 Å². The van der Waals surface area contributed by atoms with Gasteiger partial charge < -0.3 is 9.88 Å². The maximum absolute atomic E-state index is 12.9. The van der Waals surface area contributed by atoms with E-state index in [-0.39, 0.29) is 5.03 Å². The molecule has 0 saturated heterocycles. The molecule has 3 rings (SSSR count). The average molecular weight is 306 g/mol. The molecule has 1 aromatic heterocycles. The zero-order valence-corrected chi connectivity index (χ0v) is 12.7. The first-order valence-electron chi connectivity index (χ1n) is 7.00. The van der Waals surface area contributed by atoms with Gasteiger partial charge in [-0.3, -0.25) is 4.31 Å². The number of para-hydroxylation sites is 2. The Kier molecular flexibility index (Phi) is 3.59. The predicted octanol–water partition coefficient (Wildman–Crippen LogP) is 1.91. The molecule has 1 N–H and O–H groups in total. The second kappa shape index (κ2) is 5.40. The number of rotatable bonds is 3. The highest BCUT2D eigenvalue weighted by Gasteiger charge is 2.29. The molecule has 0 spiro atoms. The molecule has 7 heteroatoms.